The molecule has 0 aliphatic heterocycles. The highest BCUT2D eigenvalue weighted by Crippen LogP contribution is 2.20. The maximum absolute atomic E-state index is 12.2. The fraction of sp³-hybridized carbons (Fsp3) is 0.579. The second-order valence-corrected chi connectivity index (χ2v) is 6.82. The van der Waals surface area contributed by atoms with Crippen LogP contribution >= 0.6 is 0 Å². The van der Waals surface area contributed by atoms with Crippen molar-refractivity contribution in [2.24, 2.45) is 0 Å². The van der Waals surface area contributed by atoms with Crippen LogP contribution in [0.15, 0.2) is 18.2 Å². The maximum Gasteiger partial charge on any atom is 0.412 e. The fourth-order valence-corrected chi connectivity index (χ4v) is 2.16. The number of nitrogens with one attached hydrogen (secondary N) is 1. The molecule has 1 rings (SSSR count). The topological polar surface area (TPSA) is 84.9 Å². The SMILES string of the molecule is CCCCOC(=O)c1ccc(NC(=O)OC(C)(C)C)cc1CCCO. The fourth-order valence-electron chi connectivity index (χ4n) is 2.16. The van der Waals surface area contributed by atoms with Gasteiger partial charge in [-0.25, -0.2) is 9.59 Å². The second kappa shape index (κ2) is 10.0. The first-order valence-corrected chi connectivity index (χ1v) is 8.67. The molecule has 0 saturated heterocycles. The van der Waals surface area contributed by atoms with Crippen LogP contribution in [-0.4, -0.2) is 36.0 Å². The predicted molar refractivity (Wildman–Crippen MR) is 96.9 cm³/mol. The van der Waals surface area contributed by atoms with E-state index in [4.69, 9.17) is 14.6 Å². The molecule has 0 heterocycles. The van der Waals surface area contributed by atoms with Gasteiger partial charge in [-0.15, -0.1) is 0 Å². The van der Waals surface area contributed by atoms with Crippen LogP contribution in [0.4, 0.5) is 10.5 Å². The van der Waals surface area contributed by atoms with Crippen LogP contribution < -0.4 is 5.32 Å². The Balaban J connectivity index is 2.89. The molecule has 0 unspecified atom stereocenters. The molecule has 6 heteroatoms. The van der Waals surface area contributed by atoms with Crippen molar-refractivity contribution in [1.82, 2.24) is 0 Å². The highest BCUT2D eigenvalue weighted by atomic mass is 16.6. The van der Waals surface area contributed by atoms with E-state index in [2.05, 4.69) is 5.32 Å². The number of ether oxygens (including phenoxy) is 2. The summed E-state index contributed by atoms with van der Waals surface area (Å²) in [6.45, 7) is 7.79. The molecule has 0 saturated carbocycles. The quantitative estimate of drug-likeness (QED) is 0.548. The molecule has 25 heavy (non-hydrogen) atoms. The van der Waals surface area contributed by atoms with E-state index >= 15 is 0 Å². The van der Waals surface area contributed by atoms with Crippen LogP contribution in [0.1, 0.15) is 62.9 Å². The van der Waals surface area contributed by atoms with Gasteiger partial charge in [0.2, 0.25) is 0 Å². The summed E-state index contributed by atoms with van der Waals surface area (Å²) in [5.74, 6) is -0.384. The lowest BCUT2D eigenvalue weighted by atomic mass is 10.0. The van der Waals surface area contributed by atoms with Crippen molar-refractivity contribution in [3.63, 3.8) is 0 Å². The van der Waals surface area contributed by atoms with Crippen LogP contribution in [0, 0.1) is 0 Å². The number of amides is 1. The van der Waals surface area contributed by atoms with Gasteiger partial charge < -0.3 is 14.6 Å². The van der Waals surface area contributed by atoms with Gasteiger partial charge in [-0.05, 0) is 63.8 Å². The second-order valence-electron chi connectivity index (χ2n) is 6.82. The number of carbonyl (C=O) groups excluding carboxylic acids is 2. The van der Waals surface area contributed by atoms with Crippen LogP contribution in [0.2, 0.25) is 0 Å². The molecule has 1 aromatic rings. The minimum Gasteiger partial charge on any atom is -0.462 e. The number of aliphatic hydroxyl groups is 1. The Morgan fingerprint density at radius 2 is 1.92 bits per heavy atom. The van der Waals surface area contributed by atoms with Crippen molar-refractivity contribution in [1.29, 1.82) is 0 Å². The standard InChI is InChI=1S/C19H29NO5/c1-5-6-12-24-17(22)16-10-9-15(13-14(16)8-7-11-21)20-18(23)25-19(2,3)4/h9-10,13,21H,5-8,11-12H2,1-4H3,(H,20,23). The summed E-state index contributed by atoms with van der Waals surface area (Å²) in [6, 6.07) is 4.99. The van der Waals surface area contributed by atoms with Gasteiger partial charge in [0.15, 0.2) is 0 Å². The summed E-state index contributed by atoms with van der Waals surface area (Å²) < 4.78 is 10.5. The molecule has 0 atom stereocenters. The lowest BCUT2D eigenvalue weighted by Crippen LogP contribution is -2.27. The third kappa shape index (κ3) is 8.03. The summed E-state index contributed by atoms with van der Waals surface area (Å²) in [4.78, 5) is 24.1. The van der Waals surface area contributed by atoms with E-state index in [1.807, 2.05) is 6.92 Å². The Morgan fingerprint density at radius 1 is 1.20 bits per heavy atom. The van der Waals surface area contributed by atoms with Crippen molar-refractivity contribution in [3.8, 4) is 0 Å². The van der Waals surface area contributed by atoms with Crippen molar-refractivity contribution in [2.75, 3.05) is 18.5 Å². The van der Waals surface area contributed by atoms with Crippen LogP contribution in [0.3, 0.4) is 0 Å². The van der Waals surface area contributed by atoms with Crippen LogP contribution in [-0.2, 0) is 15.9 Å². The lowest BCUT2D eigenvalue weighted by Gasteiger charge is -2.20. The van der Waals surface area contributed by atoms with Crippen molar-refractivity contribution in [2.45, 2.75) is 59.0 Å². The average molecular weight is 351 g/mol. The molecule has 1 amide bonds. The van der Waals surface area contributed by atoms with Crippen molar-refractivity contribution in [3.05, 3.63) is 29.3 Å². The molecule has 6 nitrogen and oxygen atoms in total. The molecule has 0 bridgehead atoms. The molecule has 0 fully saturated rings. The van der Waals surface area contributed by atoms with Gasteiger partial charge in [-0.1, -0.05) is 13.3 Å². The summed E-state index contributed by atoms with van der Waals surface area (Å²) in [7, 11) is 0. The van der Waals surface area contributed by atoms with E-state index in [0.717, 1.165) is 18.4 Å². The maximum atomic E-state index is 12.2. The number of hydrogen-bond acceptors (Lipinski definition) is 5. The zero-order chi connectivity index (χ0) is 18.9. The first-order valence-electron chi connectivity index (χ1n) is 8.67. The number of esters is 1. The van der Waals surface area contributed by atoms with Gasteiger partial charge in [0.25, 0.3) is 0 Å². The van der Waals surface area contributed by atoms with Gasteiger partial charge in [0.05, 0.1) is 12.2 Å². The molecule has 0 spiro atoms. The monoisotopic (exact) mass is 351 g/mol. The Bertz CT molecular complexity index is 578. The van der Waals surface area contributed by atoms with E-state index in [0.29, 0.717) is 30.7 Å². The largest absolute Gasteiger partial charge is 0.462 e. The number of rotatable bonds is 8. The molecule has 0 aromatic heterocycles. The first-order chi connectivity index (χ1) is 11.8. The normalized spacial score (nSPS) is 11.1. The highest BCUT2D eigenvalue weighted by Gasteiger charge is 2.18. The van der Waals surface area contributed by atoms with E-state index < -0.39 is 11.7 Å². The summed E-state index contributed by atoms with van der Waals surface area (Å²) in [5, 5.41) is 11.7. The molecule has 2 N–H and O–H groups in total. The molecule has 0 radical (unpaired) electrons. The minimum absolute atomic E-state index is 0.0219. The van der Waals surface area contributed by atoms with Crippen LogP contribution in [0.25, 0.3) is 0 Å². The number of anilines is 1. The van der Waals surface area contributed by atoms with Crippen molar-refractivity contribution >= 4 is 17.7 Å². The molecule has 0 aliphatic rings. The van der Waals surface area contributed by atoms with Crippen molar-refractivity contribution < 1.29 is 24.2 Å². The predicted octanol–water partition coefficient (Wildman–Crippen LogP) is 3.92. The van der Waals surface area contributed by atoms with Gasteiger partial charge in [-0.2, -0.15) is 0 Å². The molecular formula is C19H29NO5. The van der Waals surface area contributed by atoms with E-state index in [1.165, 1.54) is 0 Å². The van der Waals surface area contributed by atoms with Gasteiger partial charge >= 0.3 is 12.1 Å². The number of carbonyl (C=O) groups is 2. The first kappa shape index (κ1) is 21.0. The molecule has 1 aromatic carbocycles. The Hall–Kier alpha value is -2.08. The number of hydrogen-bond donors (Lipinski definition) is 2. The Morgan fingerprint density at radius 3 is 2.52 bits per heavy atom. The summed E-state index contributed by atoms with van der Waals surface area (Å²) >= 11 is 0. The van der Waals surface area contributed by atoms with Gasteiger partial charge in [0.1, 0.15) is 5.60 Å². The smallest absolute Gasteiger partial charge is 0.412 e. The van der Waals surface area contributed by atoms with E-state index in [-0.39, 0.29) is 12.6 Å². The van der Waals surface area contributed by atoms with Gasteiger partial charge in [0, 0.05) is 12.3 Å². The zero-order valence-electron chi connectivity index (χ0n) is 15.6. The number of benzene rings is 1. The Labute approximate surface area is 149 Å². The molecular weight excluding hydrogens is 322 g/mol. The average Bonchev–Trinajstić information content (AvgIpc) is 2.51. The number of unbranched alkanes of at least 4 members (excludes halogenated alkanes) is 1. The lowest BCUT2D eigenvalue weighted by molar-refractivity contribution is 0.0498. The number of aliphatic hydroxyl groups excluding tert-OH is 1. The van der Waals surface area contributed by atoms with Gasteiger partial charge in [-0.3, -0.25) is 5.32 Å². The third-order valence-electron chi connectivity index (χ3n) is 3.31. The molecule has 0 aliphatic carbocycles. The van der Waals surface area contributed by atoms with Crippen LogP contribution in [0.5, 0.6) is 0 Å². The molecule has 140 valence electrons. The summed E-state index contributed by atoms with van der Waals surface area (Å²) in [5.41, 5.74) is 1.13. The minimum atomic E-state index is -0.590. The van der Waals surface area contributed by atoms with E-state index in [1.54, 1.807) is 39.0 Å². The highest BCUT2D eigenvalue weighted by molar-refractivity contribution is 5.93. The summed E-state index contributed by atoms with van der Waals surface area (Å²) in [6.07, 6.45) is 2.24. The van der Waals surface area contributed by atoms with E-state index in [9.17, 15) is 9.59 Å². The number of aryl methyl sites for hydroxylation is 1. The zero-order valence-corrected chi connectivity index (χ0v) is 15.6. The third-order valence-corrected chi connectivity index (χ3v) is 3.31. The Kier molecular flexibility index (Phi) is 8.41.